The molecule has 12 nitrogen and oxygen atoms in total. The summed E-state index contributed by atoms with van der Waals surface area (Å²) in [4.78, 5) is 14.6. The number of benzene rings is 7. The van der Waals surface area contributed by atoms with Crippen molar-refractivity contribution in [2.75, 3.05) is 20.3 Å². The molecular formula is C63H66O12. The van der Waals surface area contributed by atoms with Crippen molar-refractivity contribution in [1.82, 2.24) is 0 Å². The van der Waals surface area contributed by atoms with E-state index in [2.05, 4.69) is 0 Å². The SMILES string of the molecule is CO[C@H]1O[C@H](COCc2ccccc2)[C@@](C)(O[C@@H]2O[C@H](COCc3ccccc3)[C@@H](OCc3ccccc3)[C@H](OCc3ccccc3)[C@@H]2OC(=O)c2ccccc2)[C@H](OCc2ccccc2)[C@H]1OCc1ccccc1. The Morgan fingerprint density at radius 3 is 1.27 bits per heavy atom. The van der Waals surface area contributed by atoms with E-state index in [0.29, 0.717) is 12.2 Å². The van der Waals surface area contributed by atoms with Gasteiger partial charge in [0.25, 0.3) is 0 Å². The Bertz CT molecular complexity index is 2710. The summed E-state index contributed by atoms with van der Waals surface area (Å²) >= 11 is 0. The number of esters is 1. The smallest absolute Gasteiger partial charge is 0.338 e. The van der Waals surface area contributed by atoms with E-state index in [0.717, 1.165) is 33.4 Å². The molecule has 2 aliphatic rings. The molecule has 0 spiro atoms. The number of hydrogen-bond donors (Lipinski definition) is 0. The minimum atomic E-state index is -1.50. The summed E-state index contributed by atoms with van der Waals surface area (Å²) < 4.78 is 75.6. The zero-order valence-electron chi connectivity index (χ0n) is 42.5. The molecule has 10 atom stereocenters. The topological polar surface area (TPSA) is 119 Å². The van der Waals surface area contributed by atoms with Gasteiger partial charge >= 0.3 is 5.97 Å². The average molecular weight is 1020 g/mol. The van der Waals surface area contributed by atoms with Crippen LogP contribution in [0.4, 0.5) is 0 Å². The van der Waals surface area contributed by atoms with Crippen LogP contribution in [-0.2, 0) is 91.7 Å². The molecule has 12 heteroatoms. The molecule has 2 aliphatic heterocycles. The Kier molecular flexibility index (Phi) is 19.5. The van der Waals surface area contributed by atoms with Gasteiger partial charge < -0.3 is 52.1 Å². The van der Waals surface area contributed by atoms with Crippen molar-refractivity contribution in [2.24, 2.45) is 0 Å². The zero-order chi connectivity index (χ0) is 51.5. The van der Waals surface area contributed by atoms with Gasteiger partial charge in [-0.1, -0.05) is 200 Å². The van der Waals surface area contributed by atoms with Gasteiger partial charge in [-0.3, -0.25) is 0 Å². The molecule has 2 saturated heterocycles. The van der Waals surface area contributed by atoms with E-state index in [1.165, 1.54) is 0 Å². The van der Waals surface area contributed by atoms with Crippen molar-refractivity contribution in [3.8, 4) is 0 Å². The quantitative estimate of drug-likeness (QED) is 0.0507. The van der Waals surface area contributed by atoms with Gasteiger partial charge in [-0.05, 0) is 52.4 Å². The molecule has 2 fully saturated rings. The second-order valence-electron chi connectivity index (χ2n) is 18.8. The third kappa shape index (κ3) is 14.7. The minimum Gasteiger partial charge on any atom is -0.450 e. The molecule has 0 N–H and O–H groups in total. The van der Waals surface area contributed by atoms with Crippen molar-refractivity contribution >= 4 is 5.97 Å². The molecule has 390 valence electrons. The van der Waals surface area contributed by atoms with Gasteiger partial charge in [-0.25, -0.2) is 4.79 Å². The molecule has 0 unspecified atom stereocenters. The molecule has 0 saturated carbocycles. The first-order valence-corrected chi connectivity index (χ1v) is 25.6. The number of carbonyl (C=O) groups is 1. The first-order chi connectivity index (χ1) is 36.9. The van der Waals surface area contributed by atoms with Crippen LogP contribution in [0.2, 0.25) is 0 Å². The monoisotopic (exact) mass is 1010 g/mol. The van der Waals surface area contributed by atoms with Crippen LogP contribution in [0.15, 0.2) is 212 Å². The number of ether oxygens (including phenoxy) is 11. The van der Waals surface area contributed by atoms with Crippen LogP contribution < -0.4 is 0 Å². The highest BCUT2D eigenvalue weighted by Gasteiger charge is 2.60. The molecule has 9 rings (SSSR count). The van der Waals surface area contributed by atoms with Crippen molar-refractivity contribution in [1.29, 1.82) is 0 Å². The van der Waals surface area contributed by atoms with E-state index in [1.807, 2.05) is 195 Å². The van der Waals surface area contributed by atoms with Crippen molar-refractivity contribution in [2.45, 2.75) is 107 Å². The van der Waals surface area contributed by atoms with Gasteiger partial charge in [0, 0.05) is 7.11 Å². The Morgan fingerprint density at radius 2 is 0.813 bits per heavy atom. The molecule has 0 aliphatic carbocycles. The summed E-state index contributed by atoms with van der Waals surface area (Å²) in [6.07, 6.45) is -8.93. The van der Waals surface area contributed by atoms with Crippen LogP contribution in [0, 0.1) is 0 Å². The van der Waals surface area contributed by atoms with Crippen LogP contribution in [0.5, 0.6) is 0 Å². The molecule has 0 radical (unpaired) electrons. The molecule has 2 heterocycles. The van der Waals surface area contributed by atoms with Crippen molar-refractivity contribution in [3.63, 3.8) is 0 Å². The highest BCUT2D eigenvalue weighted by Crippen LogP contribution is 2.42. The second-order valence-corrected chi connectivity index (χ2v) is 18.8. The average Bonchev–Trinajstić information content (AvgIpc) is 3.46. The lowest BCUT2D eigenvalue weighted by Crippen LogP contribution is -2.71. The standard InChI is InChI=1S/C63H66O12/c1-63(54(45-67-39-47-26-12-4-13-27-47)73-61(65-2)58(70-42-50-32-18-7-19-33-50)59(63)71-43-51-34-20-8-21-35-51)75-62-57(74-60(64)52-36-22-9-23-37-52)56(69-41-49-30-16-6-17-31-49)55(68-40-48-28-14-5-15-29-48)53(72-62)44-66-38-46-24-10-3-11-25-46/h3-37,53-59,61-62H,38-45H2,1-2H3/t53-,54-,55-,56+,57+,58-,59-,61+,62+,63-/m1/s1. The Morgan fingerprint density at radius 1 is 0.427 bits per heavy atom. The maximum Gasteiger partial charge on any atom is 0.338 e. The molecule has 0 aromatic heterocycles. The molecule has 0 bridgehead atoms. The molecular weight excluding hydrogens is 949 g/mol. The van der Waals surface area contributed by atoms with E-state index in [1.54, 1.807) is 31.4 Å². The number of methoxy groups -OCH3 is 1. The fourth-order valence-electron chi connectivity index (χ4n) is 9.42. The van der Waals surface area contributed by atoms with E-state index in [4.69, 9.17) is 52.1 Å². The van der Waals surface area contributed by atoms with Crippen molar-refractivity contribution in [3.05, 3.63) is 251 Å². The van der Waals surface area contributed by atoms with Crippen LogP contribution >= 0.6 is 0 Å². The highest BCUT2D eigenvalue weighted by molar-refractivity contribution is 5.89. The minimum absolute atomic E-state index is 0.0312. The predicted molar refractivity (Wildman–Crippen MR) is 282 cm³/mol. The lowest BCUT2D eigenvalue weighted by molar-refractivity contribution is -0.397. The molecule has 75 heavy (non-hydrogen) atoms. The van der Waals surface area contributed by atoms with E-state index in [-0.39, 0.29) is 46.2 Å². The Balaban J connectivity index is 1.14. The summed E-state index contributed by atoms with van der Waals surface area (Å²) in [7, 11) is 1.58. The first-order valence-electron chi connectivity index (χ1n) is 25.6. The Labute approximate surface area is 440 Å². The van der Waals surface area contributed by atoms with E-state index >= 15 is 0 Å². The van der Waals surface area contributed by atoms with Gasteiger partial charge in [0.15, 0.2) is 18.7 Å². The summed E-state index contributed by atoms with van der Waals surface area (Å²) in [5.74, 6) is -0.611. The van der Waals surface area contributed by atoms with E-state index < -0.39 is 66.9 Å². The van der Waals surface area contributed by atoms with Gasteiger partial charge in [0.05, 0.1) is 58.4 Å². The summed E-state index contributed by atoms with van der Waals surface area (Å²) in [6, 6.07) is 68.1. The van der Waals surface area contributed by atoms with Gasteiger partial charge in [0.1, 0.15) is 42.2 Å². The largest absolute Gasteiger partial charge is 0.450 e. The second kappa shape index (κ2) is 27.4. The predicted octanol–water partition coefficient (Wildman–Crippen LogP) is 10.9. The maximum atomic E-state index is 14.6. The molecule has 7 aromatic rings. The molecule has 0 amide bonds. The third-order valence-corrected chi connectivity index (χ3v) is 13.4. The fraction of sp³-hybridized carbons (Fsp3) is 0.317. The van der Waals surface area contributed by atoms with Gasteiger partial charge in [0.2, 0.25) is 0 Å². The van der Waals surface area contributed by atoms with Crippen LogP contribution in [0.25, 0.3) is 0 Å². The Hall–Kier alpha value is -6.39. The van der Waals surface area contributed by atoms with Crippen molar-refractivity contribution < 1.29 is 56.9 Å². The lowest BCUT2D eigenvalue weighted by atomic mass is 9.84. The number of hydrogen-bond acceptors (Lipinski definition) is 12. The first kappa shape index (κ1) is 53.4. The normalized spacial score (nSPS) is 24.6. The summed E-state index contributed by atoms with van der Waals surface area (Å²) in [6.45, 7) is 3.29. The zero-order valence-corrected chi connectivity index (χ0v) is 42.5. The summed E-state index contributed by atoms with van der Waals surface area (Å²) in [5.41, 5.74) is 4.47. The lowest BCUT2D eigenvalue weighted by Gasteiger charge is -2.54. The molecule has 7 aromatic carbocycles. The van der Waals surface area contributed by atoms with Crippen LogP contribution in [0.1, 0.15) is 50.7 Å². The van der Waals surface area contributed by atoms with Crippen LogP contribution in [-0.4, -0.2) is 87.2 Å². The highest BCUT2D eigenvalue weighted by atomic mass is 16.8. The summed E-state index contributed by atoms with van der Waals surface area (Å²) in [5, 5.41) is 0. The fourth-order valence-corrected chi connectivity index (χ4v) is 9.42. The maximum absolute atomic E-state index is 14.6. The third-order valence-electron chi connectivity index (χ3n) is 13.4. The van der Waals surface area contributed by atoms with Gasteiger partial charge in [-0.15, -0.1) is 0 Å². The van der Waals surface area contributed by atoms with Crippen LogP contribution in [0.3, 0.4) is 0 Å². The number of carbonyl (C=O) groups excluding carboxylic acids is 1. The van der Waals surface area contributed by atoms with E-state index in [9.17, 15) is 4.79 Å². The number of rotatable bonds is 25. The van der Waals surface area contributed by atoms with Gasteiger partial charge in [-0.2, -0.15) is 0 Å².